The molecule has 5 heteroatoms. The van der Waals surface area contributed by atoms with Crippen molar-refractivity contribution in [3.8, 4) is 5.75 Å². The van der Waals surface area contributed by atoms with Crippen molar-refractivity contribution in [2.24, 2.45) is 0 Å². The second-order valence-corrected chi connectivity index (χ2v) is 4.65. The summed E-state index contributed by atoms with van der Waals surface area (Å²) < 4.78 is 5.44. The predicted octanol–water partition coefficient (Wildman–Crippen LogP) is 2.31. The number of benzene rings is 1. The summed E-state index contributed by atoms with van der Waals surface area (Å²) in [6.07, 6.45) is 0. The molecule has 4 nitrogen and oxygen atoms in total. The second-order valence-electron chi connectivity index (χ2n) is 4.24. The number of carbonyl (C=O) groups excluding carboxylic acids is 1. The van der Waals surface area contributed by atoms with Crippen LogP contribution in [0, 0.1) is 0 Å². The molecule has 0 heterocycles. The number of rotatable bonds is 7. The lowest BCUT2D eigenvalue weighted by molar-refractivity contribution is -0.131. The Balaban J connectivity index is 2.57. The minimum Gasteiger partial charge on any atom is -0.482 e. The molecule has 1 amide bonds. The Hall–Kier alpha value is -1.26. The SMILES string of the molecule is CCNCc1ccc(OCC(=O)N(C)CC)c(Cl)c1. The number of likely N-dealkylation sites (N-methyl/N-ethyl adjacent to an activating group) is 1. The number of nitrogens with one attached hydrogen (secondary N) is 1. The van der Waals surface area contributed by atoms with E-state index in [1.807, 2.05) is 19.1 Å². The normalized spacial score (nSPS) is 10.3. The molecule has 1 aromatic carbocycles. The fourth-order valence-electron chi connectivity index (χ4n) is 1.47. The molecule has 106 valence electrons. The number of hydrogen-bond donors (Lipinski definition) is 1. The molecule has 0 radical (unpaired) electrons. The largest absolute Gasteiger partial charge is 0.482 e. The minimum atomic E-state index is -0.0599. The van der Waals surface area contributed by atoms with Crippen molar-refractivity contribution < 1.29 is 9.53 Å². The van der Waals surface area contributed by atoms with Crippen LogP contribution in [0.4, 0.5) is 0 Å². The van der Waals surface area contributed by atoms with E-state index in [0.29, 0.717) is 17.3 Å². The van der Waals surface area contributed by atoms with Crippen LogP contribution in [0.3, 0.4) is 0 Å². The molecule has 0 aliphatic rings. The lowest BCUT2D eigenvalue weighted by atomic mass is 10.2. The van der Waals surface area contributed by atoms with Gasteiger partial charge in [-0.05, 0) is 31.2 Å². The zero-order chi connectivity index (χ0) is 14.3. The van der Waals surface area contributed by atoms with Gasteiger partial charge >= 0.3 is 0 Å². The first-order valence-electron chi connectivity index (χ1n) is 6.44. The van der Waals surface area contributed by atoms with Gasteiger partial charge < -0.3 is 15.0 Å². The third kappa shape index (κ3) is 5.09. The quantitative estimate of drug-likeness (QED) is 0.835. The highest BCUT2D eigenvalue weighted by atomic mass is 35.5. The molecule has 0 spiro atoms. The van der Waals surface area contributed by atoms with Gasteiger partial charge in [0.15, 0.2) is 6.61 Å². The first-order chi connectivity index (χ1) is 9.08. The van der Waals surface area contributed by atoms with Gasteiger partial charge in [-0.3, -0.25) is 4.79 Å². The molecule has 19 heavy (non-hydrogen) atoms. The molecule has 1 rings (SSSR count). The van der Waals surface area contributed by atoms with Crippen molar-refractivity contribution in [2.45, 2.75) is 20.4 Å². The monoisotopic (exact) mass is 284 g/mol. The third-order valence-electron chi connectivity index (χ3n) is 2.83. The summed E-state index contributed by atoms with van der Waals surface area (Å²) in [5.41, 5.74) is 1.09. The van der Waals surface area contributed by atoms with E-state index in [2.05, 4.69) is 12.2 Å². The first kappa shape index (κ1) is 15.8. The maximum absolute atomic E-state index is 11.6. The lowest BCUT2D eigenvalue weighted by Gasteiger charge is -2.15. The summed E-state index contributed by atoms with van der Waals surface area (Å²) >= 11 is 6.13. The van der Waals surface area contributed by atoms with E-state index in [0.717, 1.165) is 18.7 Å². The van der Waals surface area contributed by atoms with E-state index >= 15 is 0 Å². The summed E-state index contributed by atoms with van der Waals surface area (Å²) in [5, 5.41) is 3.75. The minimum absolute atomic E-state index is 0.0105. The number of nitrogens with zero attached hydrogens (tertiary/aromatic N) is 1. The molecule has 0 aliphatic carbocycles. The Morgan fingerprint density at radius 2 is 2.16 bits per heavy atom. The zero-order valence-electron chi connectivity index (χ0n) is 11.7. The van der Waals surface area contributed by atoms with Crippen molar-refractivity contribution in [3.63, 3.8) is 0 Å². The van der Waals surface area contributed by atoms with Crippen molar-refractivity contribution in [1.29, 1.82) is 0 Å². The molecule has 0 fully saturated rings. The van der Waals surface area contributed by atoms with Crippen molar-refractivity contribution in [1.82, 2.24) is 10.2 Å². The molecule has 1 N–H and O–H groups in total. The van der Waals surface area contributed by atoms with Crippen LogP contribution >= 0.6 is 11.6 Å². The van der Waals surface area contributed by atoms with Gasteiger partial charge in [0.1, 0.15) is 5.75 Å². The van der Waals surface area contributed by atoms with Gasteiger partial charge in [-0.2, -0.15) is 0 Å². The van der Waals surface area contributed by atoms with E-state index in [1.165, 1.54) is 0 Å². The average molecular weight is 285 g/mol. The van der Waals surface area contributed by atoms with Gasteiger partial charge in [0.25, 0.3) is 5.91 Å². The maximum atomic E-state index is 11.6. The lowest BCUT2D eigenvalue weighted by Crippen LogP contribution is -2.31. The van der Waals surface area contributed by atoms with Gasteiger partial charge in [-0.15, -0.1) is 0 Å². The molecule has 1 aromatic rings. The van der Waals surface area contributed by atoms with E-state index in [-0.39, 0.29) is 12.5 Å². The van der Waals surface area contributed by atoms with Crippen LogP contribution in [-0.2, 0) is 11.3 Å². The smallest absolute Gasteiger partial charge is 0.260 e. The molecule has 0 aliphatic heterocycles. The summed E-state index contributed by atoms with van der Waals surface area (Å²) in [4.78, 5) is 13.2. The fraction of sp³-hybridized carbons (Fsp3) is 0.500. The van der Waals surface area contributed by atoms with Gasteiger partial charge in [0.2, 0.25) is 0 Å². The molecule has 0 aromatic heterocycles. The Labute approximate surface area is 119 Å². The highest BCUT2D eigenvalue weighted by Crippen LogP contribution is 2.25. The van der Waals surface area contributed by atoms with Crippen LogP contribution < -0.4 is 10.1 Å². The molecular formula is C14H21ClN2O2. The van der Waals surface area contributed by atoms with Crippen molar-refractivity contribution in [3.05, 3.63) is 28.8 Å². The summed E-state index contributed by atoms with van der Waals surface area (Å²) in [5.74, 6) is 0.482. The van der Waals surface area contributed by atoms with Crippen LogP contribution in [-0.4, -0.2) is 37.6 Å². The highest BCUT2D eigenvalue weighted by Gasteiger charge is 2.09. The molecule has 0 saturated carbocycles. The number of amides is 1. The fourth-order valence-corrected chi connectivity index (χ4v) is 1.72. The van der Waals surface area contributed by atoms with Crippen molar-refractivity contribution >= 4 is 17.5 Å². The summed E-state index contributed by atoms with van der Waals surface area (Å²) in [7, 11) is 1.74. The standard InChI is InChI=1S/C14H21ClN2O2/c1-4-16-9-11-6-7-13(12(15)8-11)19-10-14(18)17(3)5-2/h6-8,16H,4-5,9-10H2,1-3H3. The summed E-state index contributed by atoms with van der Waals surface area (Å²) in [6, 6.07) is 5.60. The Kier molecular flexibility index (Phi) is 6.67. The molecule has 0 bridgehead atoms. The van der Waals surface area contributed by atoms with Gasteiger partial charge in [-0.1, -0.05) is 24.6 Å². The zero-order valence-corrected chi connectivity index (χ0v) is 12.5. The van der Waals surface area contributed by atoms with Gasteiger partial charge in [0, 0.05) is 20.1 Å². The Morgan fingerprint density at radius 1 is 1.42 bits per heavy atom. The van der Waals surface area contributed by atoms with E-state index in [9.17, 15) is 4.79 Å². The summed E-state index contributed by atoms with van der Waals surface area (Å²) in [6.45, 7) is 6.32. The molecule has 0 unspecified atom stereocenters. The van der Waals surface area contributed by atoms with Gasteiger partial charge in [-0.25, -0.2) is 0 Å². The van der Waals surface area contributed by atoms with Crippen LogP contribution in [0.2, 0.25) is 5.02 Å². The maximum Gasteiger partial charge on any atom is 0.260 e. The average Bonchev–Trinajstić information content (AvgIpc) is 2.42. The van der Waals surface area contributed by atoms with E-state index in [1.54, 1.807) is 18.0 Å². The van der Waals surface area contributed by atoms with Crippen LogP contribution in [0.1, 0.15) is 19.4 Å². The topological polar surface area (TPSA) is 41.6 Å². The van der Waals surface area contributed by atoms with E-state index < -0.39 is 0 Å². The van der Waals surface area contributed by atoms with Gasteiger partial charge in [0.05, 0.1) is 5.02 Å². The number of hydrogen-bond acceptors (Lipinski definition) is 3. The number of halogens is 1. The Morgan fingerprint density at radius 3 is 2.74 bits per heavy atom. The molecule has 0 atom stereocenters. The second kappa shape index (κ2) is 8.02. The van der Waals surface area contributed by atoms with Crippen LogP contribution in [0.15, 0.2) is 18.2 Å². The van der Waals surface area contributed by atoms with Crippen LogP contribution in [0.5, 0.6) is 5.75 Å². The van der Waals surface area contributed by atoms with E-state index in [4.69, 9.17) is 16.3 Å². The third-order valence-corrected chi connectivity index (χ3v) is 3.12. The predicted molar refractivity (Wildman–Crippen MR) is 77.6 cm³/mol. The number of carbonyl (C=O) groups is 1. The number of ether oxygens (including phenoxy) is 1. The first-order valence-corrected chi connectivity index (χ1v) is 6.82. The van der Waals surface area contributed by atoms with Crippen molar-refractivity contribution in [2.75, 3.05) is 26.7 Å². The highest BCUT2D eigenvalue weighted by molar-refractivity contribution is 6.32. The van der Waals surface area contributed by atoms with Crippen LogP contribution in [0.25, 0.3) is 0 Å². The Bertz CT molecular complexity index is 424. The molecule has 0 saturated heterocycles. The molecular weight excluding hydrogens is 264 g/mol.